The lowest BCUT2D eigenvalue weighted by Gasteiger charge is -2.37. The summed E-state index contributed by atoms with van der Waals surface area (Å²) in [7, 11) is 1.56. The summed E-state index contributed by atoms with van der Waals surface area (Å²) in [6, 6.07) is 8.46. The Labute approximate surface area is 231 Å². The third-order valence-corrected chi connectivity index (χ3v) is 7.04. The number of rotatable bonds is 12. The summed E-state index contributed by atoms with van der Waals surface area (Å²) >= 11 is 0. The van der Waals surface area contributed by atoms with Crippen LogP contribution in [0.3, 0.4) is 0 Å². The number of nitrogens with one attached hydrogen (secondary N) is 2. The molecule has 1 aromatic heterocycles. The van der Waals surface area contributed by atoms with Gasteiger partial charge in [0.25, 0.3) is 0 Å². The van der Waals surface area contributed by atoms with Crippen LogP contribution in [0.4, 0.5) is 13.2 Å². The first-order valence-corrected chi connectivity index (χ1v) is 13.4. The van der Waals surface area contributed by atoms with Crippen molar-refractivity contribution in [2.45, 2.75) is 50.4 Å². The molecule has 2 aromatic carbocycles. The number of methoxy groups -OCH3 is 1. The summed E-state index contributed by atoms with van der Waals surface area (Å²) in [6.07, 6.45) is 6.22. The maximum Gasteiger partial charge on any atom is 0.222 e. The summed E-state index contributed by atoms with van der Waals surface area (Å²) in [6.45, 7) is 0.339. The molecule has 3 N–H and O–H groups in total. The lowest BCUT2D eigenvalue weighted by molar-refractivity contribution is -0.129. The molecule has 1 saturated heterocycles. The van der Waals surface area contributed by atoms with Gasteiger partial charge in [0.05, 0.1) is 44.1 Å². The number of hydrogen-bond donors (Lipinski definition) is 3. The first-order chi connectivity index (χ1) is 19.4. The van der Waals surface area contributed by atoms with E-state index in [0.717, 1.165) is 18.2 Å². The molecule has 0 unspecified atom stereocenters. The lowest BCUT2D eigenvalue weighted by Crippen LogP contribution is -2.49. The predicted molar refractivity (Wildman–Crippen MR) is 146 cm³/mol. The molecule has 0 bridgehead atoms. The number of hydrogen-bond acceptors (Lipinski definition) is 6. The van der Waals surface area contributed by atoms with Crippen molar-refractivity contribution in [3.8, 4) is 5.75 Å². The summed E-state index contributed by atoms with van der Waals surface area (Å²) in [5.41, 5.74) is 1.37. The van der Waals surface area contributed by atoms with E-state index < -0.39 is 23.6 Å². The van der Waals surface area contributed by atoms with Gasteiger partial charge in [-0.05, 0) is 67.6 Å². The van der Waals surface area contributed by atoms with Gasteiger partial charge in [0, 0.05) is 30.1 Å². The number of pyridine rings is 1. The number of carbonyl (C=O) groups excluding carboxylic acids is 1. The van der Waals surface area contributed by atoms with E-state index in [1.54, 1.807) is 31.4 Å². The summed E-state index contributed by atoms with van der Waals surface area (Å²) in [5, 5.41) is 15.7. The van der Waals surface area contributed by atoms with Crippen LogP contribution < -0.4 is 15.4 Å². The van der Waals surface area contributed by atoms with Crippen LogP contribution in [-0.2, 0) is 16.0 Å². The first-order valence-electron chi connectivity index (χ1n) is 13.4. The third-order valence-electron chi connectivity index (χ3n) is 7.04. The van der Waals surface area contributed by atoms with E-state index in [1.807, 2.05) is 0 Å². The molecule has 0 saturated carbocycles. The van der Waals surface area contributed by atoms with Crippen molar-refractivity contribution >= 4 is 22.9 Å². The predicted octanol–water partition coefficient (Wildman–Crippen LogP) is 4.31. The maximum atomic E-state index is 14.8. The molecule has 4 rings (SSSR count). The minimum absolute atomic E-state index is 0.0835. The zero-order valence-corrected chi connectivity index (χ0v) is 22.3. The molecule has 3 aromatic rings. The van der Waals surface area contributed by atoms with Gasteiger partial charge in [-0.2, -0.15) is 0 Å². The average molecular weight is 558 g/mol. The highest BCUT2D eigenvalue weighted by Crippen LogP contribution is 2.29. The Kier molecular flexibility index (Phi) is 10.5. The normalized spacial score (nSPS) is 19.3. The Bertz CT molecular complexity index is 1340. The van der Waals surface area contributed by atoms with Gasteiger partial charge in [-0.25, -0.2) is 13.2 Å². The molecule has 10 heteroatoms. The van der Waals surface area contributed by atoms with Crippen molar-refractivity contribution in [2.24, 2.45) is 0 Å². The molecular weight excluding hydrogens is 523 g/mol. The molecular formula is C30H34F3N3O4. The molecule has 0 radical (unpaired) electrons. The fraction of sp³-hybridized carbons (Fsp3) is 0.400. The fourth-order valence-electron chi connectivity index (χ4n) is 4.98. The average Bonchev–Trinajstić information content (AvgIpc) is 2.95. The Hall–Kier alpha value is -3.47. The highest BCUT2D eigenvalue weighted by Gasteiger charge is 2.32. The minimum Gasteiger partial charge on any atom is -0.497 e. The standard InChI is InChI=1S/C30H34F3N3O4/c1-39-22-7-10-27-24(16-22)23(26(33)18-36-27)8-5-21-6-11-28(29(40-21)17-30(38)35-13-14-37)34-12-2-3-19-15-20(31)4-9-25(19)32/h2-4,7,9-10,15-16,18,21,28-29,34,37H,5-6,8,11-14,17H2,1H3,(H,35,38)/t21-,28-,29-/m1/s1. The van der Waals surface area contributed by atoms with Gasteiger partial charge < -0.3 is 25.2 Å². The van der Waals surface area contributed by atoms with Gasteiger partial charge in [0.15, 0.2) is 0 Å². The van der Waals surface area contributed by atoms with E-state index in [1.165, 1.54) is 12.3 Å². The van der Waals surface area contributed by atoms with E-state index in [4.69, 9.17) is 14.6 Å². The van der Waals surface area contributed by atoms with Crippen LogP contribution in [0.1, 0.15) is 36.8 Å². The molecule has 1 aliphatic heterocycles. The van der Waals surface area contributed by atoms with Gasteiger partial charge >= 0.3 is 0 Å². The maximum absolute atomic E-state index is 14.8. The number of benzene rings is 2. The third kappa shape index (κ3) is 7.80. The van der Waals surface area contributed by atoms with Crippen molar-refractivity contribution in [3.63, 3.8) is 0 Å². The van der Waals surface area contributed by atoms with Crippen molar-refractivity contribution in [1.82, 2.24) is 15.6 Å². The molecule has 7 nitrogen and oxygen atoms in total. The van der Waals surface area contributed by atoms with Gasteiger partial charge in [0.2, 0.25) is 5.91 Å². The number of aromatic nitrogens is 1. The SMILES string of the molecule is COc1ccc2ncc(F)c(CC[C@@H]3CC[C@@H](NCC=Cc4cc(F)ccc4F)[C@@H](CC(=O)NCCO)O3)c2c1. The molecule has 1 aliphatic rings. The molecule has 1 fully saturated rings. The quantitative estimate of drug-likeness (QED) is 0.308. The van der Waals surface area contributed by atoms with E-state index in [0.29, 0.717) is 54.4 Å². The van der Waals surface area contributed by atoms with Gasteiger partial charge in [0.1, 0.15) is 23.2 Å². The Morgan fingerprint density at radius 3 is 2.83 bits per heavy atom. The van der Waals surface area contributed by atoms with Crippen LogP contribution in [0.5, 0.6) is 5.75 Å². The number of aliphatic hydroxyl groups excluding tert-OH is 1. The Morgan fingerprint density at radius 2 is 2.02 bits per heavy atom. The van der Waals surface area contributed by atoms with Crippen LogP contribution in [0.15, 0.2) is 48.7 Å². The Morgan fingerprint density at radius 1 is 1.18 bits per heavy atom. The van der Waals surface area contributed by atoms with E-state index in [2.05, 4.69) is 15.6 Å². The Balaban J connectivity index is 1.41. The van der Waals surface area contributed by atoms with Crippen LogP contribution in [0.2, 0.25) is 0 Å². The zero-order valence-electron chi connectivity index (χ0n) is 22.3. The number of nitrogens with zero attached hydrogens (tertiary/aromatic N) is 1. The van der Waals surface area contributed by atoms with Crippen LogP contribution in [-0.4, -0.2) is 61.1 Å². The largest absolute Gasteiger partial charge is 0.497 e. The van der Waals surface area contributed by atoms with Crippen molar-refractivity contribution in [3.05, 3.63) is 77.2 Å². The molecule has 40 heavy (non-hydrogen) atoms. The smallest absolute Gasteiger partial charge is 0.222 e. The topological polar surface area (TPSA) is 92.7 Å². The minimum atomic E-state index is -0.520. The number of amides is 1. The molecule has 214 valence electrons. The second-order valence-corrected chi connectivity index (χ2v) is 9.74. The number of halogens is 3. The van der Waals surface area contributed by atoms with E-state index >= 15 is 0 Å². The van der Waals surface area contributed by atoms with Crippen molar-refractivity contribution in [1.29, 1.82) is 0 Å². The fourth-order valence-corrected chi connectivity index (χ4v) is 4.98. The van der Waals surface area contributed by atoms with Gasteiger partial charge in [-0.3, -0.25) is 9.78 Å². The monoisotopic (exact) mass is 557 g/mol. The van der Waals surface area contributed by atoms with Crippen molar-refractivity contribution < 1.29 is 32.5 Å². The van der Waals surface area contributed by atoms with Crippen LogP contribution >= 0.6 is 0 Å². The number of carbonyl (C=O) groups is 1. The first kappa shape index (κ1) is 29.5. The molecule has 0 spiro atoms. The number of aryl methyl sites for hydroxylation is 1. The van der Waals surface area contributed by atoms with Crippen LogP contribution in [0.25, 0.3) is 17.0 Å². The van der Waals surface area contributed by atoms with Gasteiger partial charge in [-0.1, -0.05) is 12.2 Å². The summed E-state index contributed by atoms with van der Waals surface area (Å²) in [4.78, 5) is 16.6. The zero-order chi connectivity index (χ0) is 28.5. The number of fused-ring (bicyclic) bond motifs is 1. The van der Waals surface area contributed by atoms with Gasteiger partial charge in [-0.15, -0.1) is 0 Å². The van der Waals surface area contributed by atoms with Crippen LogP contribution in [0, 0.1) is 17.5 Å². The lowest BCUT2D eigenvalue weighted by atomic mass is 9.92. The number of ether oxygens (including phenoxy) is 2. The van der Waals surface area contributed by atoms with E-state index in [-0.39, 0.29) is 43.2 Å². The molecule has 1 amide bonds. The van der Waals surface area contributed by atoms with Crippen molar-refractivity contribution in [2.75, 3.05) is 26.8 Å². The van der Waals surface area contributed by atoms with E-state index in [9.17, 15) is 18.0 Å². The molecule has 3 atom stereocenters. The molecule has 0 aliphatic carbocycles. The molecule has 2 heterocycles. The second-order valence-electron chi connectivity index (χ2n) is 9.74. The highest BCUT2D eigenvalue weighted by atomic mass is 19.1. The summed E-state index contributed by atoms with van der Waals surface area (Å²) < 4.78 is 53.8. The summed E-state index contributed by atoms with van der Waals surface area (Å²) in [5.74, 6) is -1.06. The second kappa shape index (κ2) is 14.2. The number of aliphatic hydroxyl groups is 1. The highest BCUT2D eigenvalue weighted by molar-refractivity contribution is 5.83.